The maximum atomic E-state index is 12.8. The van der Waals surface area contributed by atoms with Crippen LogP contribution in [0.4, 0.5) is 5.69 Å². The smallest absolute Gasteiger partial charge is 0.307 e. The number of carbonyl (C=O) groups is 3. The van der Waals surface area contributed by atoms with Gasteiger partial charge in [0.2, 0.25) is 0 Å². The Morgan fingerprint density at radius 3 is 2.34 bits per heavy atom. The van der Waals surface area contributed by atoms with Crippen LogP contribution in [0.1, 0.15) is 28.4 Å². The maximum Gasteiger partial charge on any atom is 0.307 e. The molecule has 0 radical (unpaired) electrons. The first kappa shape index (κ1) is 25.6. The van der Waals surface area contributed by atoms with Gasteiger partial charge in [-0.3, -0.25) is 14.4 Å². The molecule has 0 fully saturated rings. The van der Waals surface area contributed by atoms with Gasteiger partial charge in [0, 0.05) is 22.3 Å². The van der Waals surface area contributed by atoms with Gasteiger partial charge in [-0.25, -0.2) is 0 Å². The number of ether oxygens (including phenoxy) is 3. The third kappa shape index (κ3) is 7.48. The molecule has 35 heavy (non-hydrogen) atoms. The van der Waals surface area contributed by atoms with Crippen LogP contribution in [0.5, 0.6) is 11.5 Å². The van der Waals surface area contributed by atoms with Gasteiger partial charge in [0.25, 0.3) is 11.8 Å². The van der Waals surface area contributed by atoms with Crippen molar-refractivity contribution in [3.63, 3.8) is 0 Å². The van der Waals surface area contributed by atoms with Crippen molar-refractivity contribution in [3.05, 3.63) is 88.9 Å². The van der Waals surface area contributed by atoms with Gasteiger partial charge in [-0.05, 0) is 48.0 Å². The molecule has 9 heteroatoms. The summed E-state index contributed by atoms with van der Waals surface area (Å²) in [5, 5.41) is 5.97. The predicted molar refractivity (Wildman–Crippen MR) is 132 cm³/mol. The summed E-state index contributed by atoms with van der Waals surface area (Å²) in [4.78, 5) is 36.9. The van der Waals surface area contributed by atoms with Crippen LogP contribution < -0.4 is 20.1 Å². The lowest BCUT2D eigenvalue weighted by Crippen LogP contribution is -2.30. The zero-order valence-electron chi connectivity index (χ0n) is 19.2. The summed E-state index contributed by atoms with van der Waals surface area (Å²) in [5.41, 5.74) is 1.54. The van der Waals surface area contributed by atoms with E-state index in [4.69, 9.17) is 25.8 Å². The standard InChI is InChI=1S/C26H25ClN2O6/c1-33-20-7-5-6-18(14-20)28-24(30)16-35-19-12-10-17(11-13-19)26(32)29-23(15-25(31)34-2)21-8-3-4-9-22(21)27/h3-14,23H,15-16H2,1-2H3,(H,28,30)(H,29,32). The molecule has 0 aliphatic heterocycles. The Kier molecular flexibility index (Phi) is 9.09. The molecule has 0 heterocycles. The SMILES string of the molecule is COC(=O)CC(NC(=O)c1ccc(OCC(=O)Nc2cccc(OC)c2)cc1)c1ccccc1Cl. The van der Waals surface area contributed by atoms with Crippen LogP contribution >= 0.6 is 11.6 Å². The molecule has 1 unspecified atom stereocenters. The van der Waals surface area contributed by atoms with E-state index in [1.165, 1.54) is 7.11 Å². The van der Waals surface area contributed by atoms with Crippen LogP contribution in [0, 0.1) is 0 Å². The van der Waals surface area contributed by atoms with Gasteiger partial charge >= 0.3 is 5.97 Å². The molecule has 8 nitrogen and oxygen atoms in total. The van der Waals surface area contributed by atoms with Crippen molar-refractivity contribution >= 4 is 35.1 Å². The lowest BCUT2D eigenvalue weighted by atomic mass is 10.0. The van der Waals surface area contributed by atoms with E-state index >= 15 is 0 Å². The van der Waals surface area contributed by atoms with Crippen molar-refractivity contribution in [3.8, 4) is 11.5 Å². The van der Waals surface area contributed by atoms with E-state index in [2.05, 4.69) is 10.6 Å². The summed E-state index contributed by atoms with van der Waals surface area (Å²) in [5.74, 6) is -0.182. The van der Waals surface area contributed by atoms with Gasteiger partial charge in [-0.2, -0.15) is 0 Å². The van der Waals surface area contributed by atoms with Crippen molar-refractivity contribution in [2.45, 2.75) is 12.5 Å². The fraction of sp³-hybridized carbons (Fsp3) is 0.192. The fourth-order valence-electron chi connectivity index (χ4n) is 3.24. The number of halogens is 1. The highest BCUT2D eigenvalue weighted by atomic mass is 35.5. The minimum Gasteiger partial charge on any atom is -0.497 e. The summed E-state index contributed by atoms with van der Waals surface area (Å²) in [6.07, 6.45) is -0.0738. The van der Waals surface area contributed by atoms with E-state index in [0.29, 0.717) is 33.3 Å². The van der Waals surface area contributed by atoms with Gasteiger partial charge in [-0.15, -0.1) is 0 Å². The fourth-order valence-corrected chi connectivity index (χ4v) is 3.50. The largest absolute Gasteiger partial charge is 0.497 e. The second-order valence-corrected chi connectivity index (χ2v) is 7.83. The van der Waals surface area contributed by atoms with Crippen LogP contribution in [0.2, 0.25) is 5.02 Å². The van der Waals surface area contributed by atoms with E-state index < -0.39 is 17.9 Å². The summed E-state index contributed by atoms with van der Waals surface area (Å²) in [6, 6.07) is 19.6. The summed E-state index contributed by atoms with van der Waals surface area (Å²) in [7, 11) is 2.83. The van der Waals surface area contributed by atoms with E-state index in [1.807, 2.05) is 0 Å². The Hall–Kier alpha value is -4.04. The molecule has 0 aliphatic carbocycles. The number of methoxy groups -OCH3 is 2. The number of carbonyl (C=O) groups excluding carboxylic acids is 3. The van der Waals surface area contributed by atoms with Crippen LogP contribution in [-0.2, 0) is 14.3 Å². The first-order valence-corrected chi connectivity index (χ1v) is 11.1. The van der Waals surface area contributed by atoms with Crippen LogP contribution in [0.3, 0.4) is 0 Å². The first-order valence-electron chi connectivity index (χ1n) is 10.7. The van der Waals surface area contributed by atoms with E-state index in [0.717, 1.165) is 0 Å². The van der Waals surface area contributed by atoms with Gasteiger partial charge < -0.3 is 24.8 Å². The van der Waals surface area contributed by atoms with Gasteiger partial charge in [0.1, 0.15) is 11.5 Å². The number of hydrogen-bond donors (Lipinski definition) is 2. The molecule has 3 aromatic rings. The Bertz CT molecular complexity index is 1180. The quantitative estimate of drug-likeness (QED) is 0.403. The molecule has 0 aromatic heterocycles. The molecule has 0 bridgehead atoms. The Labute approximate surface area is 208 Å². The first-order chi connectivity index (χ1) is 16.9. The van der Waals surface area contributed by atoms with Crippen LogP contribution in [-0.4, -0.2) is 38.6 Å². The molecule has 0 saturated carbocycles. The average Bonchev–Trinajstić information content (AvgIpc) is 2.87. The zero-order valence-corrected chi connectivity index (χ0v) is 20.0. The van der Waals surface area contributed by atoms with Crippen molar-refractivity contribution in [1.82, 2.24) is 5.32 Å². The minimum absolute atomic E-state index is 0.0738. The molecule has 3 rings (SSSR count). The third-order valence-corrected chi connectivity index (χ3v) is 5.37. The number of benzene rings is 3. The normalized spacial score (nSPS) is 11.2. The van der Waals surface area contributed by atoms with E-state index in [1.54, 1.807) is 79.9 Å². The lowest BCUT2D eigenvalue weighted by Gasteiger charge is -2.19. The molecular weight excluding hydrogens is 472 g/mol. The topological polar surface area (TPSA) is 103 Å². The highest BCUT2D eigenvalue weighted by molar-refractivity contribution is 6.31. The molecule has 2 amide bonds. The molecule has 0 saturated heterocycles. The number of amides is 2. The molecule has 2 N–H and O–H groups in total. The summed E-state index contributed by atoms with van der Waals surface area (Å²) < 4.78 is 15.4. The molecule has 3 aromatic carbocycles. The van der Waals surface area contributed by atoms with Crippen molar-refractivity contribution < 1.29 is 28.6 Å². The van der Waals surface area contributed by atoms with E-state index in [-0.39, 0.29) is 18.9 Å². The number of anilines is 1. The predicted octanol–water partition coefficient (Wildman–Crippen LogP) is 4.40. The highest BCUT2D eigenvalue weighted by Gasteiger charge is 2.21. The lowest BCUT2D eigenvalue weighted by molar-refractivity contribution is -0.141. The zero-order chi connectivity index (χ0) is 25.2. The maximum absolute atomic E-state index is 12.8. The van der Waals surface area contributed by atoms with E-state index in [9.17, 15) is 14.4 Å². The summed E-state index contributed by atoms with van der Waals surface area (Å²) in [6.45, 7) is -0.212. The average molecular weight is 497 g/mol. The van der Waals surface area contributed by atoms with Crippen molar-refractivity contribution in [2.24, 2.45) is 0 Å². The number of nitrogens with one attached hydrogen (secondary N) is 2. The monoisotopic (exact) mass is 496 g/mol. The van der Waals surface area contributed by atoms with Crippen LogP contribution in [0.15, 0.2) is 72.8 Å². The third-order valence-electron chi connectivity index (χ3n) is 5.02. The number of esters is 1. The molecular formula is C26H25ClN2O6. The minimum atomic E-state index is -0.667. The number of rotatable bonds is 10. The molecule has 1 atom stereocenters. The van der Waals surface area contributed by atoms with Gasteiger partial charge in [0.15, 0.2) is 6.61 Å². The Morgan fingerprint density at radius 1 is 0.914 bits per heavy atom. The highest BCUT2D eigenvalue weighted by Crippen LogP contribution is 2.26. The van der Waals surface area contributed by atoms with Gasteiger partial charge in [-0.1, -0.05) is 35.9 Å². The van der Waals surface area contributed by atoms with Gasteiger partial charge in [0.05, 0.1) is 26.7 Å². The second-order valence-electron chi connectivity index (χ2n) is 7.42. The summed E-state index contributed by atoms with van der Waals surface area (Å²) >= 11 is 6.26. The Morgan fingerprint density at radius 2 is 1.66 bits per heavy atom. The Balaban J connectivity index is 1.59. The molecule has 0 aliphatic rings. The van der Waals surface area contributed by atoms with Crippen molar-refractivity contribution in [2.75, 3.05) is 26.1 Å². The van der Waals surface area contributed by atoms with Crippen molar-refractivity contribution in [1.29, 1.82) is 0 Å². The molecule has 0 spiro atoms. The second kappa shape index (κ2) is 12.4. The number of hydrogen-bond acceptors (Lipinski definition) is 6. The molecule has 182 valence electrons. The van der Waals surface area contributed by atoms with Crippen LogP contribution in [0.25, 0.3) is 0 Å².